The van der Waals surface area contributed by atoms with Crippen LogP contribution in [-0.4, -0.2) is 47.1 Å². The van der Waals surface area contributed by atoms with Crippen molar-refractivity contribution in [3.05, 3.63) is 88.0 Å². The highest BCUT2D eigenvalue weighted by Crippen LogP contribution is 2.44. The molecule has 9 nitrogen and oxygen atoms in total. The molecule has 0 radical (unpaired) electrons. The summed E-state index contributed by atoms with van der Waals surface area (Å²) in [5.41, 5.74) is 2.14. The topological polar surface area (TPSA) is 115 Å². The van der Waals surface area contributed by atoms with E-state index in [1.165, 1.54) is 11.0 Å². The summed E-state index contributed by atoms with van der Waals surface area (Å²) >= 11 is 0.944. The molecule has 2 atom stereocenters. The van der Waals surface area contributed by atoms with E-state index in [2.05, 4.69) is 11.6 Å². The Morgan fingerprint density at radius 2 is 2.00 bits per heavy atom. The van der Waals surface area contributed by atoms with Crippen LogP contribution in [0.2, 0.25) is 0 Å². The van der Waals surface area contributed by atoms with Gasteiger partial charge in [-0.15, -0.1) is 0 Å². The largest absolute Gasteiger partial charge is 0.507 e. The molecule has 2 aliphatic heterocycles. The molecule has 1 fully saturated rings. The third-order valence-corrected chi connectivity index (χ3v) is 7.77. The zero-order valence-electron chi connectivity index (χ0n) is 22.3. The molecule has 0 saturated carbocycles. The highest BCUT2D eigenvalue weighted by atomic mass is 32.1. The first-order chi connectivity index (χ1) is 19.2. The van der Waals surface area contributed by atoms with Crippen molar-refractivity contribution in [1.29, 1.82) is 0 Å². The number of Topliss-reactive ketones (excluding diaryl/α,β-unsaturated/α-hetero) is 1. The minimum atomic E-state index is -0.998. The number of aliphatic hydroxyl groups is 1. The van der Waals surface area contributed by atoms with Crippen molar-refractivity contribution in [2.24, 2.45) is 0 Å². The lowest BCUT2D eigenvalue weighted by Gasteiger charge is -2.23. The number of rotatable bonds is 8. The summed E-state index contributed by atoms with van der Waals surface area (Å²) in [5, 5.41) is 11.6. The molecule has 2 aromatic carbocycles. The van der Waals surface area contributed by atoms with E-state index in [-0.39, 0.29) is 34.1 Å². The van der Waals surface area contributed by atoms with E-state index in [1.807, 2.05) is 13.8 Å². The van der Waals surface area contributed by atoms with Crippen molar-refractivity contribution in [1.82, 2.24) is 4.98 Å². The molecule has 2 unspecified atom stereocenters. The maximum atomic E-state index is 13.5. The third kappa shape index (κ3) is 4.86. The van der Waals surface area contributed by atoms with Crippen LogP contribution in [0.5, 0.6) is 11.5 Å². The van der Waals surface area contributed by atoms with Crippen LogP contribution in [0.25, 0.3) is 5.76 Å². The van der Waals surface area contributed by atoms with Crippen molar-refractivity contribution in [3.8, 4) is 11.5 Å². The van der Waals surface area contributed by atoms with Gasteiger partial charge >= 0.3 is 11.9 Å². The summed E-state index contributed by atoms with van der Waals surface area (Å²) in [6.07, 6.45) is 2.11. The lowest BCUT2D eigenvalue weighted by molar-refractivity contribution is -0.132. The first kappa shape index (κ1) is 27.1. The number of thiazole rings is 1. The molecular weight excluding hydrogens is 532 g/mol. The van der Waals surface area contributed by atoms with E-state index < -0.39 is 23.7 Å². The Morgan fingerprint density at radius 1 is 1.25 bits per heavy atom. The van der Waals surface area contributed by atoms with Gasteiger partial charge in [-0.2, -0.15) is 0 Å². The first-order valence-corrected chi connectivity index (χ1v) is 13.6. The zero-order valence-corrected chi connectivity index (χ0v) is 23.1. The maximum absolute atomic E-state index is 13.5. The fraction of sp³-hybridized carbons (Fsp3) is 0.267. The number of carbonyl (C=O) groups is 3. The molecule has 2 aliphatic rings. The Morgan fingerprint density at radius 3 is 2.70 bits per heavy atom. The van der Waals surface area contributed by atoms with Crippen LogP contribution in [0, 0.1) is 6.92 Å². The molecule has 1 aromatic heterocycles. The molecule has 3 heterocycles. The molecule has 1 N–H and O–H groups in total. The summed E-state index contributed by atoms with van der Waals surface area (Å²) in [4.78, 5) is 45.5. The first-order valence-electron chi connectivity index (χ1n) is 12.8. The Kier molecular flexibility index (Phi) is 7.44. The second-order valence-corrected chi connectivity index (χ2v) is 10.4. The zero-order chi connectivity index (χ0) is 28.6. The fourth-order valence-electron chi connectivity index (χ4n) is 4.86. The number of aromatic nitrogens is 1. The molecule has 1 saturated heterocycles. The Balaban J connectivity index is 1.63. The van der Waals surface area contributed by atoms with E-state index in [0.29, 0.717) is 35.6 Å². The predicted molar refractivity (Wildman–Crippen MR) is 150 cm³/mol. The number of aliphatic hydroxyl groups excluding tert-OH is 1. The molecule has 3 aromatic rings. The monoisotopic (exact) mass is 560 g/mol. The normalized spacial score (nSPS) is 19.3. The predicted octanol–water partition coefficient (Wildman–Crippen LogP) is 5.14. The van der Waals surface area contributed by atoms with E-state index >= 15 is 0 Å². The molecule has 0 bridgehead atoms. The van der Waals surface area contributed by atoms with Crippen molar-refractivity contribution < 1.29 is 33.7 Å². The number of aryl methyl sites for hydroxylation is 1. The molecule has 10 heteroatoms. The minimum absolute atomic E-state index is 0.00217. The van der Waals surface area contributed by atoms with Crippen molar-refractivity contribution >= 4 is 39.9 Å². The quantitative estimate of drug-likeness (QED) is 0.132. The number of nitrogens with zero attached hydrogens (tertiary/aromatic N) is 2. The lowest BCUT2D eigenvalue weighted by Crippen LogP contribution is -2.29. The van der Waals surface area contributed by atoms with Gasteiger partial charge in [-0.3, -0.25) is 14.5 Å². The van der Waals surface area contributed by atoms with Gasteiger partial charge in [0.2, 0.25) is 0 Å². The Bertz CT molecular complexity index is 1540. The fourth-order valence-corrected chi connectivity index (χ4v) is 5.85. The number of anilines is 1. The summed E-state index contributed by atoms with van der Waals surface area (Å²) in [7, 11) is 0. The van der Waals surface area contributed by atoms with Crippen molar-refractivity contribution in [2.45, 2.75) is 39.3 Å². The van der Waals surface area contributed by atoms with E-state index in [4.69, 9.17) is 14.2 Å². The van der Waals surface area contributed by atoms with Gasteiger partial charge in [0.05, 0.1) is 23.9 Å². The summed E-state index contributed by atoms with van der Waals surface area (Å²) in [6.45, 7) is 9.49. The van der Waals surface area contributed by atoms with Crippen molar-refractivity contribution in [2.75, 3.05) is 18.1 Å². The van der Waals surface area contributed by atoms with Crippen LogP contribution in [0.3, 0.4) is 0 Å². The second kappa shape index (κ2) is 11.0. The standard InChI is InChI=1S/C30H28N2O7S/c1-5-13-38-29(36)27-17(4)31-30(40-27)32-24(18-7-10-21(11-8-18)37-6-2)23(26(34)28(32)35)25(33)19-9-12-22-20(15-19)14-16(3)39-22/h5,7-12,15-16,24,33H,1,6,13-14H2,2-4H3/b25-23+. The Labute approximate surface area is 235 Å². The number of hydrogen-bond acceptors (Lipinski definition) is 9. The van der Waals surface area contributed by atoms with Gasteiger partial charge in [0.25, 0.3) is 5.78 Å². The number of hydrogen-bond donors (Lipinski definition) is 1. The molecular formula is C30H28N2O7S. The molecule has 40 heavy (non-hydrogen) atoms. The second-order valence-electron chi connectivity index (χ2n) is 9.42. The van der Waals surface area contributed by atoms with Gasteiger partial charge in [0.1, 0.15) is 34.8 Å². The smallest absolute Gasteiger partial charge is 0.350 e. The van der Waals surface area contributed by atoms with E-state index in [0.717, 1.165) is 22.6 Å². The third-order valence-electron chi connectivity index (χ3n) is 6.63. The number of amides is 1. The van der Waals surface area contributed by atoms with Gasteiger partial charge in [0, 0.05) is 12.0 Å². The molecule has 1 amide bonds. The summed E-state index contributed by atoms with van der Waals surface area (Å²) in [5.74, 6) is -1.29. The highest BCUT2D eigenvalue weighted by Gasteiger charge is 2.48. The lowest BCUT2D eigenvalue weighted by atomic mass is 9.94. The van der Waals surface area contributed by atoms with Gasteiger partial charge in [0.15, 0.2) is 5.13 Å². The number of benzene rings is 2. The Hall–Kier alpha value is -4.44. The van der Waals surface area contributed by atoms with Crippen LogP contribution in [0.4, 0.5) is 5.13 Å². The maximum Gasteiger partial charge on any atom is 0.350 e. The molecule has 0 spiro atoms. The van der Waals surface area contributed by atoms with Crippen LogP contribution in [0.15, 0.2) is 60.7 Å². The SMILES string of the molecule is C=CCOC(=O)c1sc(N2C(=O)C(=O)/C(=C(/O)c3ccc4c(c3)CC(C)O4)C2c2ccc(OCC)cc2)nc1C. The van der Waals surface area contributed by atoms with Crippen LogP contribution in [-0.2, 0) is 20.7 Å². The number of ether oxygens (including phenoxy) is 3. The number of fused-ring (bicyclic) bond motifs is 1. The molecule has 0 aliphatic carbocycles. The summed E-state index contributed by atoms with van der Waals surface area (Å²) in [6, 6.07) is 11.1. The van der Waals surface area contributed by atoms with Gasteiger partial charge < -0.3 is 19.3 Å². The van der Waals surface area contributed by atoms with Crippen molar-refractivity contribution in [3.63, 3.8) is 0 Å². The number of esters is 1. The van der Waals surface area contributed by atoms with Crippen LogP contribution < -0.4 is 14.4 Å². The number of carbonyl (C=O) groups excluding carboxylic acids is 3. The molecule has 5 rings (SSSR count). The average Bonchev–Trinajstić information content (AvgIpc) is 3.59. The molecule has 206 valence electrons. The van der Waals surface area contributed by atoms with Gasteiger partial charge in [-0.05, 0) is 62.2 Å². The van der Waals surface area contributed by atoms with E-state index in [1.54, 1.807) is 49.4 Å². The number of ketones is 1. The summed E-state index contributed by atoms with van der Waals surface area (Å²) < 4.78 is 16.5. The van der Waals surface area contributed by atoms with Gasteiger partial charge in [-0.25, -0.2) is 9.78 Å². The van der Waals surface area contributed by atoms with Crippen LogP contribution >= 0.6 is 11.3 Å². The van der Waals surface area contributed by atoms with Gasteiger partial charge in [-0.1, -0.05) is 36.1 Å². The highest BCUT2D eigenvalue weighted by molar-refractivity contribution is 7.17. The minimum Gasteiger partial charge on any atom is -0.507 e. The van der Waals surface area contributed by atoms with Crippen LogP contribution in [0.1, 0.15) is 51.9 Å². The van der Waals surface area contributed by atoms with E-state index in [9.17, 15) is 19.5 Å². The average molecular weight is 561 g/mol.